The van der Waals surface area contributed by atoms with Crippen molar-refractivity contribution in [3.05, 3.63) is 88.9 Å². The molecule has 7 heteroatoms. The summed E-state index contributed by atoms with van der Waals surface area (Å²) in [5.41, 5.74) is 2.29. The Morgan fingerprint density at radius 3 is 2.21 bits per heavy atom. The van der Waals surface area contributed by atoms with Crippen LogP contribution in [0.2, 0.25) is 5.02 Å². The predicted octanol–water partition coefficient (Wildman–Crippen LogP) is 5.52. The predicted molar refractivity (Wildman–Crippen MR) is 117 cm³/mol. The van der Waals surface area contributed by atoms with Gasteiger partial charge in [-0.25, -0.2) is 8.42 Å². The Labute approximate surface area is 175 Å². The number of carbonyl (C=O) groups is 1. The van der Waals surface area contributed by atoms with Gasteiger partial charge < -0.3 is 5.32 Å². The van der Waals surface area contributed by atoms with Gasteiger partial charge in [0.05, 0.1) is 15.6 Å². The second-order valence-corrected chi connectivity index (χ2v) is 8.90. The topological polar surface area (TPSA) is 75.3 Å². The Kier molecular flexibility index (Phi) is 6.25. The lowest BCUT2D eigenvalue weighted by atomic mass is 10.0. The summed E-state index contributed by atoms with van der Waals surface area (Å²) in [7, 11) is -3.77. The highest BCUT2D eigenvalue weighted by molar-refractivity contribution is 7.92. The minimum Gasteiger partial charge on any atom is -0.322 e. The highest BCUT2D eigenvalue weighted by atomic mass is 35.5. The molecule has 0 aliphatic rings. The van der Waals surface area contributed by atoms with Crippen molar-refractivity contribution < 1.29 is 13.2 Å². The molecule has 29 heavy (non-hydrogen) atoms. The van der Waals surface area contributed by atoms with E-state index in [1.165, 1.54) is 30.3 Å². The van der Waals surface area contributed by atoms with E-state index in [1.807, 2.05) is 24.3 Å². The molecular weight excluding hydrogens is 408 g/mol. The van der Waals surface area contributed by atoms with Crippen LogP contribution in [0.15, 0.2) is 77.7 Å². The fourth-order valence-corrected chi connectivity index (χ4v) is 4.24. The number of hydrogen-bond donors (Lipinski definition) is 2. The number of sulfonamides is 1. The van der Waals surface area contributed by atoms with Crippen LogP contribution < -0.4 is 10.0 Å². The van der Waals surface area contributed by atoms with Crippen LogP contribution in [0.1, 0.15) is 35.7 Å². The third-order valence-corrected chi connectivity index (χ3v) is 6.05. The maximum absolute atomic E-state index is 12.7. The third kappa shape index (κ3) is 4.96. The molecule has 0 aromatic heterocycles. The SMILES string of the molecule is CC(C)c1ccccc1NC(=O)c1ccc(NS(=O)(=O)c2ccccc2)c(Cl)c1. The van der Waals surface area contributed by atoms with E-state index in [9.17, 15) is 13.2 Å². The van der Waals surface area contributed by atoms with Gasteiger partial charge in [-0.2, -0.15) is 0 Å². The van der Waals surface area contributed by atoms with E-state index in [1.54, 1.807) is 18.2 Å². The van der Waals surface area contributed by atoms with Gasteiger partial charge in [-0.3, -0.25) is 9.52 Å². The molecule has 0 heterocycles. The first-order chi connectivity index (χ1) is 13.8. The molecule has 0 bridgehead atoms. The Bertz CT molecular complexity index is 1130. The van der Waals surface area contributed by atoms with Gasteiger partial charge in [0.25, 0.3) is 15.9 Å². The minimum absolute atomic E-state index is 0.128. The first-order valence-corrected chi connectivity index (χ1v) is 10.9. The van der Waals surface area contributed by atoms with Crippen molar-refractivity contribution in [1.29, 1.82) is 0 Å². The normalized spacial score (nSPS) is 11.3. The van der Waals surface area contributed by atoms with E-state index in [4.69, 9.17) is 11.6 Å². The van der Waals surface area contributed by atoms with Crippen molar-refractivity contribution in [2.75, 3.05) is 10.0 Å². The van der Waals surface area contributed by atoms with Crippen LogP contribution in [-0.4, -0.2) is 14.3 Å². The zero-order valence-electron chi connectivity index (χ0n) is 16.0. The highest BCUT2D eigenvalue weighted by Crippen LogP contribution is 2.28. The summed E-state index contributed by atoms with van der Waals surface area (Å²) >= 11 is 6.24. The average molecular weight is 429 g/mol. The summed E-state index contributed by atoms with van der Waals surface area (Å²) in [6, 6.07) is 20.0. The van der Waals surface area contributed by atoms with Crippen LogP contribution >= 0.6 is 11.6 Å². The van der Waals surface area contributed by atoms with Gasteiger partial charge in [0.2, 0.25) is 0 Å². The van der Waals surface area contributed by atoms with Gasteiger partial charge in [0.1, 0.15) is 0 Å². The number of rotatable bonds is 6. The number of para-hydroxylation sites is 1. The minimum atomic E-state index is -3.77. The maximum Gasteiger partial charge on any atom is 0.261 e. The smallest absolute Gasteiger partial charge is 0.261 e. The fraction of sp³-hybridized carbons (Fsp3) is 0.136. The Balaban J connectivity index is 1.80. The first kappa shape index (κ1) is 20.9. The standard InChI is InChI=1S/C22H21ClN2O3S/c1-15(2)18-10-6-7-11-20(18)24-22(26)16-12-13-21(19(23)14-16)25-29(27,28)17-8-4-3-5-9-17/h3-15,25H,1-2H3,(H,24,26). The molecule has 0 unspecified atom stereocenters. The summed E-state index contributed by atoms with van der Waals surface area (Å²) in [4.78, 5) is 12.8. The molecule has 5 nitrogen and oxygen atoms in total. The van der Waals surface area contributed by atoms with Crippen LogP contribution in [0, 0.1) is 0 Å². The molecular formula is C22H21ClN2O3S. The number of hydrogen-bond acceptors (Lipinski definition) is 3. The largest absolute Gasteiger partial charge is 0.322 e. The molecule has 2 N–H and O–H groups in total. The van der Waals surface area contributed by atoms with Crippen LogP contribution in [-0.2, 0) is 10.0 Å². The van der Waals surface area contributed by atoms with Crippen LogP contribution in [0.3, 0.4) is 0 Å². The van der Waals surface area contributed by atoms with E-state index in [0.29, 0.717) is 5.56 Å². The number of amides is 1. The Hall–Kier alpha value is -2.83. The van der Waals surface area contributed by atoms with Crippen molar-refractivity contribution >= 4 is 38.9 Å². The van der Waals surface area contributed by atoms with Gasteiger partial charge in [-0.15, -0.1) is 0 Å². The molecule has 150 valence electrons. The lowest BCUT2D eigenvalue weighted by Crippen LogP contribution is -2.15. The monoisotopic (exact) mass is 428 g/mol. The second-order valence-electron chi connectivity index (χ2n) is 6.81. The third-order valence-electron chi connectivity index (χ3n) is 4.36. The van der Waals surface area contributed by atoms with Crippen molar-refractivity contribution in [3.8, 4) is 0 Å². The molecule has 0 atom stereocenters. The van der Waals surface area contributed by atoms with E-state index in [0.717, 1.165) is 11.3 Å². The number of benzene rings is 3. The molecule has 3 aromatic rings. The van der Waals surface area contributed by atoms with Crippen LogP contribution in [0.4, 0.5) is 11.4 Å². The van der Waals surface area contributed by atoms with Gasteiger partial charge >= 0.3 is 0 Å². The van der Waals surface area contributed by atoms with Crippen molar-refractivity contribution in [2.24, 2.45) is 0 Å². The molecule has 0 aliphatic heterocycles. The number of nitrogens with one attached hydrogen (secondary N) is 2. The van der Waals surface area contributed by atoms with Crippen LogP contribution in [0.25, 0.3) is 0 Å². The summed E-state index contributed by atoms with van der Waals surface area (Å²) in [6.45, 7) is 4.10. The van der Waals surface area contributed by atoms with Crippen molar-refractivity contribution in [3.63, 3.8) is 0 Å². The fourth-order valence-electron chi connectivity index (χ4n) is 2.85. The average Bonchev–Trinajstić information content (AvgIpc) is 2.70. The van der Waals surface area contributed by atoms with Crippen molar-refractivity contribution in [1.82, 2.24) is 0 Å². The van der Waals surface area contributed by atoms with Gasteiger partial charge in [-0.05, 0) is 47.9 Å². The van der Waals surface area contributed by atoms with Crippen LogP contribution in [0.5, 0.6) is 0 Å². The number of carbonyl (C=O) groups excluding carboxylic acids is 1. The van der Waals surface area contributed by atoms with E-state index in [-0.39, 0.29) is 27.4 Å². The molecule has 1 amide bonds. The van der Waals surface area contributed by atoms with E-state index in [2.05, 4.69) is 23.9 Å². The van der Waals surface area contributed by atoms with E-state index >= 15 is 0 Å². The molecule has 0 saturated carbocycles. The van der Waals surface area contributed by atoms with Gasteiger partial charge in [0.15, 0.2) is 0 Å². The van der Waals surface area contributed by atoms with Gasteiger partial charge in [0, 0.05) is 11.3 Å². The molecule has 3 aromatic carbocycles. The summed E-state index contributed by atoms with van der Waals surface area (Å²) in [5, 5.41) is 3.03. The first-order valence-electron chi connectivity index (χ1n) is 9.05. The van der Waals surface area contributed by atoms with Gasteiger partial charge in [-0.1, -0.05) is 61.8 Å². The molecule has 0 aliphatic carbocycles. The molecule has 3 rings (SSSR count). The zero-order chi connectivity index (χ0) is 21.0. The maximum atomic E-state index is 12.7. The number of halogens is 1. The van der Waals surface area contributed by atoms with E-state index < -0.39 is 10.0 Å². The molecule has 0 spiro atoms. The Morgan fingerprint density at radius 2 is 1.55 bits per heavy atom. The molecule has 0 fully saturated rings. The second kappa shape index (κ2) is 8.68. The highest BCUT2D eigenvalue weighted by Gasteiger charge is 2.17. The Morgan fingerprint density at radius 1 is 0.897 bits per heavy atom. The summed E-state index contributed by atoms with van der Waals surface area (Å²) in [5.74, 6) is -0.0673. The molecule has 0 saturated heterocycles. The quantitative estimate of drug-likeness (QED) is 0.543. The summed E-state index contributed by atoms with van der Waals surface area (Å²) < 4.78 is 27.4. The summed E-state index contributed by atoms with van der Waals surface area (Å²) in [6.07, 6.45) is 0. The molecule has 0 radical (unpaired) electrons. The lowest BCUT2D eigenvalue weighted by molar-refractivity contribution is 0.102. The van der Waals surface area contributed by atoms with Crippen molar-refractivity contribution in [2.45, 2.75) is 24.7 Å². The lowest BCUT2D eigenvalue weighted by Gasteiger charge is -2.14. The zero-order valence-corrected chi connectivity index (χ0v) is 17.6. The number of anilines is 2.